The minimum atomic E-state index is -0.430. The highest BCUT2D eigenvalue weighted by Crippen LogP contribution is 2.35. The Hall–Kier alpha value is -4.32. The van der Waals surface area contributed by atoms with Gasteiger partial charge in [0, 0.05) is 42.1 Å². The molecule has 0 fully saturated rings. The number of hydrogen-bond donors (Lipinski definition) is 0. The average Bonchev–Trinajstić information content (AvgIpc) is 2.90. The highest BCUT2D eigenvalue weighted by molar-refractivity contribution is 5.81. The van der Waals surface area contributed by atoms with Crippen molar-refractivity contribution in [3.63, 3.8) is 0 Å². The zero-order valence-corrected chi connectivity index (χ0v) is 19.8. The SMILES string of the molecule is C=CC(=O)OCCc1ccc(N(c2ccc(OC)cc2)c2cccc(CCOC(=O)C=C)c2)cc1. The fraction of sp³-hybridized carbons (Fsp3) is 0.172. The molecule has 0 atom stereocenters. The first-order valence-electron chi connectivity index (χ1n) is 11.2. The molecule has 0 heterocycles. The predicted molar refractivity (Wildman–Crippen MR) is 137 cm³/mol. The smallest absolute Gasteiger partial charge is 0.330 e. The van der Waals surface area contributed by atoms with E-state index in [-0.39, 0.29) is 6.61 Å². The van der Waals surface area contributed by atoms with E-state index in [4.69, 9.17) is 14.2 Å². The largest absolute Gasteiger partial charge is 0.497 e. The van der Waals surface area contributed by atoms with Crippen LogP contribution in [0.1, 0.15) is 11.1 Å². The molecule has 0 saturated carbocycles. The Morgan fingerprint density at radius 2 is 1.29 bits per heavy atom. The molecule has 35 heavy (non-hydrogen) atoms. The van der Waals surface area contributed by atoms with Crippen LogP contribution in [0.15, 0.2) is 98.1 Å². The summed E-state index contributed by atoms with van der Waals surface area (Å²) in [6, 6.07) is 24.1. The number of carbonyl (C=O) groups excluding carboxylic acids is 2. The monoisotopic (exact) mass is 471 g/mol. The molecule has 6 heteroatoms. The minimum Gasteiger partial charge on any atom is -0.497 e. The maximum absolute atomic E-state index is 11.4. The maximum Gasteiger partial charge on any atom is 0.330 e. The molecule has 0 aliphatic carbocycles. The second kappa shape index (κ2) is 12.8. The standard InChI is InChI=1S/C29H29NO5/c1-4-28(31)34-19-17-22-9-11-24(12-10-22)30(25-13-15-27(33-3)16-14-25)26-8-6-7-23(21-26)18-20-35-29(32)5-2/h4-16,21H,1-2,17-20H2,3H3. The normalized spacial score (nSPS) is 10.2. The number of anilines is 3. The van der Waals surface area contributed by atoms with Gasteiger partial charge in [-0.15, -0.1) is 0 Å². The molecule has 0 unspecified atom stereocenters. The Bertz CT molecular complexity index is 1150. The van der Waals surface area contributed by atoms with Crippen LogP contribution in [0, 0.1) is 0 Å². The van der Waals surface area contributed by atoms with Crippen LogP contribution >= 0.6 is 0 Å². The molecule has 3 rings (SSSR count). The number of esters is 2. The third-order valence-corrected chi connectivity index (χ3v) is 5.30. The molecule has 0 N–H and O–H groups in total. The van der Waals surface area contributed by atoms with Gasteiger partial charge >= 0.3 is 11.9 Å². The van der Waals surface area contributed by atoms with Crippen molar-refractivity contribution in [2.75, 3.05) is 25.2 Å². The molecular weight excluding hydrogens is 442 g/mol. The second-order valence-corrected chi connectivity index (χ2v) is 7.61. The van der Waals surface area contributed by atoms with E-state index in [2.05, 4.69) is 24.1 Å². The fourth-order valence-electron chi connectivity index (χ4n) is 3.50. The summed E-state index contributed by atoms with van der Waals surface area (Å²) in [6.45, 7) is 7.40. The number of methoxy groups -OCH3 is 1. The van der Waals surface area contributed by atoms with Crippen LogP contribution in [0.2, 0.25) is 0 Å². The third kappa shape index (κ3) is 7.33. The Balaban J connectivity index is 1.85. The van der Waals surface area contributed by atoms with Crippen LogP contribution in [0.4, 0.5) is 17.1 Å². The molecule has 180 valence electrons. The second-order valence-electron chi connectivity index (χ2n) is 7.61. The van der Waals surface area contributed by atoms with Crippen molar-refractivity contribution < 1.29 is 23.8 Å². The van der Waals surface area contributed by atoms with Crippen molar-refractivity contribution in [2.45, 2.75) is 12.8 Å². The zero-order valence-electron chi connectivity index (χ0n) is 19.8. The Labute approximate surface area is 206 Å². The summed E-state index contributed by atoms with van der Waals surface area (Å²) < 4.78 is 15.5. The summed E-state index contributed by atoms with van der Waals surface area (Å²) in [5.41, 5.74) is 5.00. The van der Waals surface area contributed by atoms with Gasteiger partial charge in [-0.05, 0) is 59.7 Å². The molecular formula is C29H29NO5. The summed E-state index contributed by atoms with van der Waals surface area (Å²) in [7, 11) is 1.64. The molecule has 0 radical (unpaired) electrons. The Morgan fingerprint density at radius 1 is 0.743 bits per heavy atom. The number of benzene rings is 3. The topological polar surface area (TPSA) is 65.1 Å². The lowest BCUT2D eigenvalue weighted by Gasteiger charge is -2.26. The van der Waals surface area contributed by atoms with Gasteiger partial charge in [0.2, 0.25) is 0 Å². The van der Waals surface area contributed by atoms with Gasteiger partial charge in [0.05, 0.1) is 20.3 Å². The van der Waals surface area contributed by atoms with Gasteiger partial charge in [-0.2, -0.15) is 0 Å². The minimum absolute atomic E-state index is 0.280. The van der Waals surface area contributed by atoms with Crippen molar-refractivity contribution in [1.29, 1.82) is 0 Å². The van der Waals surface area contributed by atoms with E-state index in [1.807, 2.05) is 66.7 Å². The van der Waals surface area contributed by atoms with E-state index in [0.717, 1.165) is 46.1 Å². The van der Waals surface area contributed by atoms with Gasteiger partial charge in [-0.3, -0.25) is 0 Å². The lowest BCUT2D eigenvalue weighted by Crippen LogP contribution is -2.11. The number of ether oxygens (including phenoxy) is 3. The lowest BCUT2D eigenvalue weighted by molar-refractivity contribution is -0.138. The van der Waals surface area contributed by atoms with Crippen molar-refractivity contribution in [1.82, 2.24) is 0 Å². The number of rotatable bonds is 12. The van der Waals surface area contributed by atoms with Gasteiger partial charge in [0.1, 0.15) is 5.75 Å². The molecule has 0 amide bonds. The summed E-state index contributed by atoms with van der Waals surface area (Å²) in [5, 5.41) is 0. The van der Waals surface area contributed by atoms with Crippen molar-refractivity contribution >= 4 is 29.0 Å². The highest BCUT2D eigenvalue weighted by atomic mass is 16.5. The van der Waals surface area contributed by atoms with Crippen LogP contribution < -0.4 is 9.64 Å². The van der Waals surface area contributed by atoms with E-state index < -0.39 is 11.9 Å². The molecule has 0 aromatic heterocycles. The number of carbonyl (C=O) groups is 2. The van der Waals surface area contributed by atoms with E-state index in [1.165, 1.54) is 0 Å². The van der Waals surface area contributed by atoms with Crippen molar-refractivity contribution in [3.8, 4) is 5.75 Å². The van der Waals surface area contributed by atoms with Gasteiger partial charge in [0.15, 0.2) is 0 Å². The molecule has 3 aromatic rings. The number of hydrogen-bond acceptors (Lipinski definition) is 6. The van der Waals surface area contributed by atoms with Gasteiger partial charge in [-0.1, -0.05) is 37.4 Å². The first-order valence-corrected chi connectivity index (χ1v) is 11.2. The Morgan fingerprint density at radius 3 is 1.83 bits per heavy atom. The summed E-state index contributed by atoms with van der Waals surface area (Å²) in [4.78, 5) is 24.8. The first kappa shape index (κ1) is 25.3. The predicted octanol–water partition coefficient (Wildman–Crippen LogP) is 5.71. The van der Waals surface area contributed by atoms with Gasteiger partial charge in [0.25, 0.3) is 0 Å². The summed E-state index contributed by atoms with van der Waals surface area (Å²) in [6.07, 6.45) is 3.52. The fourth-order valence-corrected chi connectivity index (χ4v) is 3.50. The van der Waals surface area contributed by atoms with Crippen LogP contribution in [-0.2, 0) is 31.9 Å². The molecule has 0 spiro atoms. The summed E-state index contributed by atoms with van der Waals surface area (Å²) >= 11 is 0. The van der Waals surface area contributed by atoms with Crippen LogP contribution in [0.25, 0.3) is 0 Å². The molecule has 3 aromatic carbocycles. The zero-order chi connectivity index (χ0) is 25.0. The van der Waals surface area contributed by atoms with E-state index in [9.17, 15) is 9.59 Å². The van der Waals surface area contributed by atoms with E-state index >= 15 is 0 Å². The molecule has 0 aliphatic rings. The molecule has 6 nitrogen and oxygen atoms in total. The molecule has 0 aliphatic heterocycles. The van der Waals surface area contributed by atoms with Crippen LogP contribution in [0.3, 0.4) is 0 Å². The van der Waals surface area contributed by atoms with Gasteiger partial charge in [-0.25, -0.2) is 9.59 Å². The number of nitrogens with zero attached hydrogens (tertiary/aromatic N) is 1. The molecule has 0 saturated heterocycles. The van der Waals surface area contributed by atoms with Crippen LogP contribution in [0.5, 0.6) is 5.75 Å². The van der Waals surface area contributed by atoms with E-state index in [1.54, 1.807) is 7.11 Å². The maximum atomic E-state index is 11.4. The van der Waals surface area contributed by atoms with Crippen molar-refractivity contribution in [2.24, 2.45) is 0 Å². The van der Waals surface area contributed by atoms with Crippen molar-refractivity contribution in [3.05, 3.63) is 109 Å². The highest BCUT2D eigenvalue weighted by Gasteiger charge is 2.13. The van der Waals surface area contributed by atoms with Crippen LogP contribution in [-0.4, -0.2) is 32.3 Å². The quantitative estimate of drug-likeness (QED) is 0.249. The first-order chi connectivity index (χ1) is 17.0. The summed E-state index contributed by atoms with van der Waals surface area (Å²) in [5.74, 6) is -0.0808. The average molecular weight is 472 g/mol. The Kier molecular flexibility index (Phi) is 9.25. The third-order valence-electron chi connectivity index (χ3n) is 5.30. The van der Waals surface area contributed by atoms with Gasteiger partial charge < -0.3 is 19.1 Å². The lowest BCUT2D eigenvalue weighted by atomic mass is 10.1. The molecule has 0 bridgehead atoms. The van der Waals surface area contributed by atoms with E-state index in [0.29, 0.717) is 19.4 Å².